The lowest BCUT2D eigenvalue weighted by molar-refractivity contribution is -0.000968. The number of nitrogens with one attached hydrogen (secondary N) is 1. The molecule has 0 spiro atoms. The van der Waals surface area contributed by atoms with E-state index in [1.165, 1.54) is 5.57 Å². The number of benzene rings is 2. The number of carbonyl (C=O) groups excluding carboxylic acids is 1. The van der Waals surface area contributed by atoms with Crippen molar-refractivity contribution in [3.63, 3.8) is 0 Å². The topological polar surface area (TPSA) is 82.0 Å². The molecule has 6 nitrogen and oxygen atoms in total. The SMILES string of the molecule is C/C(=C\CCC(C)CCN1C(=O)c2cccc(O)c2Nc2ccc(O)cc21)CCOC(C)(C)C. The molecule has 1 unspecified atom stereocenters. The maximum Gasteiger partial charge on any atom is 0.260 e. The molecule has 0 aliphatic carbocycles. The van der Waals surface area contributed by atoms with Gasteiger partial charge in [-0.25, -0.2) is 0 Å². The summed E-state index contributed by atoms with van der Waals surface area (Å²) in [5, 5.41) is 23.6. The highest BCUT2D eigenvalue weighted by Crippen LogP contribution is 2.41. The van der Waals surface area contributed by atoms with Crippen LogP contribution in [0, 0.1) is 5.92 Å². The molecule has 2 aromatic rings. The third kappa shape index (κ3) is 6.76. The Bertz CT molecular complexity index is 1040. The number of rotatable bonds is 9. The van der Waals surface area contributed by atoms with Crippen molar-refractivity contribution in [2.75, 3.05) is 23.4 Å². The second-order valence-electron chi connectivity index (χ2n) is 10.2. The number of hydrogen-bond donors (Lipinski definition) is 3. The summed E-state index contributed by atoms with van der Waals surface area (Å²) in [4.78, 5) is 15.1. The Labute approximate surface area is 203 Å². The normalized spacial score (nSPS) is 14.8. The molecule has 3 rings (SSSR count). The summed E-state index contributed by atoms with van der Waals surface area (Å²) >= 11 is 0. The van der Waals surface area contributed by atoms with Crippen molar-refractivity contribution in [2.24, 2.45) is 5.92 Å². The predicted molar refractivity (Wildman–Crippen MR) is 138 cm³/mol. The zero-order valence-electron chi connectivity index (χ0n) is 21.0. The minimum Gasteiger partial charge on any atom is -0.508 e. The molecule has 184 valence electrons. The van der Waals surface area contributed by atoms with Crippen LogP contribution in [0.2, 0.25) is 0 Å². The van der Waals surface area contributed by atoms with Crippen molar-refractivity contribution >= 4 is 23.0 Å². The van der Waals surface area contributed by atoms with Crippen LogP contribution in [0.15, 0.2) is 48.0 Å². The van der Waals surface area contributed by atoms with E-state index in [0.29, 0.717) is 35.1 Å². The van der Waals surface area contributed by atoms with Gasteiger partial charge in [-0.3, -0.25) is 4.79 Å². The smallest absolute Gasteiger partial charge is 0.260 e. The summed E-state index contributed by atoms with van der Waals surface area (Å²) in [7, 11) is 0. The van der Waals surface area contributed by atoms with Crippen molar-refractivity contribution in [2.45, 2.75) is 65.9 Å². The Morgan fingerprint density at radius 1 is 1.18 bits per heavy atom. The number of aromatic hydroxyl groups is 2. The number of ether oxygens (including phenoxy) is 1. The number of allylic oxidation sites excluding steroid dienone is 1. The minimum atomic E-state index is -0.190. The highest BCUT2D eigenvalue weighted by Gasteiger charge is 2.28. The maximum atomic E-state index is 13.4. The molecule has 0 aromatic heterocycles. The van der Waals surface area contributed by atoms with E-state index in [4.69, 9.17) is 4.74 Å². The van der Waals surface area contributed by atoms with Crippen LogP contribution in [0.25, 0.3) is 0 Å². The average Bonchev–Trinajstić information content (AvgIpc) is 2.86. The first-order valence-corrected chi connectivity index (χ1v) is 12.1. The highest BCUT2D eigenvalue weighted by molar-refractivity contribution is 6.14. The Kier molecular flexibility index (Phi) is 8.26. The zero-order valence-corrected chi connectivity index (χ0v) is 21.0. The van der Waals surface area contributed by atoms with Gasteiger partial charge in [-0.2, -0.15) is 0 Å². The highest BCUT2D eigenvalue weighted by atomic mass is 16.5. The average molecular weight is 467 g/mol. The fourth-order valence-electron chi connectivity index (χ4n) is 4.04. The summed E-state index contributed by atoms with van der Waals surface area (Å²) in [6, 6.07) is 9.84. The molecule has 2 aromatic carbocycles. The molecule has 1 heterocycles. The Morgan fingerprint density at radius 3 is 2.68 bits per heavy atom. The van der Waals surface area contributed by atoms with Crippen LogP contribution in [-0.4, -0.2) is 34.9 Å². The lowest BCUT2D eigenvalue weighted by Crippen LogP contribution is -2.32. The largest absolute Gasteiger partial charge is 0.508 e. The van der Waals surface area contributed by atoms with Crippen molar-refractivity contribution in [1.29, 1.82) is 0 Å². The summed E-state index contributed by atoms with van der Waals surface area (Å²) < 4.78 is 5.81. The molecule has 0 saturated heterocycles. The van der Waals surface area contributed by atoms with Crippen LogP contribution in [0.5, 0.6) is 11.5 Å². The Hall–Kier alpha value is -2.99. The van der Waals surface area contributed by atoms with Gasteiger partial charge >= 0.3 is 0 Å². The number of para-hydroxylation sites is 1. The summed E-state index contributed by atoms with van der Waals surface area (Å²) in [5.74, 6) is 0.348. The van der Waals surface area contributed by atoms with E-state index in [-0.39, 0.29) is 23.0 Å². The van der Waals surface area contributed by atoms with Crippen molar-refractivity contribution in [1.82, 2.24) is 0 Å². The van der Waals surface area contributed by atoms with Gasteiger partial charge in [0.05, 0.1) is 34.8 Å². The lowest BCUT2D eigenvalue weighted by atomic mass is 9.99. The summed E-state index contributed by atoms with van der Waals surface area (Å²) in [6.45, 7) is 11.8. The van der Waals surface area contributed by atoms with Crippen LogP contribution in [-0.2, 0) is 4.74 Å². The minimum absolute atomic E-state index is 0.0233. The number of nitrogens with zero attached hydrogens (tertiary/aromatic N) is 1. The number of phenols is 2. The number of hydrogen-bond acceptors (Lipinski definition) is 5. The van der Waals surface area contributed by atoms with Crippen molar-refractivity contribution in [3.8, 4) is 11.5 Å². The van der Waals surface area contributed by atoms with E-state index in [0.717, 1.165) is 32.3 Å². The number of carbonyl (C=O) groups is 1. The van der Waals surface area contributed by atoms with Gasteiger partial charge in [0.25, 0.3) is 5.91 Å². The second-order valence-corrected chi connectivity index (χ2v) is 10.2. The van der Waals surface area contributed by atoms with Crippen molar-refractivity contribution < 1.29 is 19.7 Å². The van der Waals surface area contributed by atoms with Gasteiger partial charge in [0.2, 0.25) is 0 Å². The predicted octanol–water partition coefficient (Wildman–Crippen LogP) is 6.76. The third-order valence-electron chi connectivity index (χ3n) is 6.08. The molecule has 0 bridgehead atoms. The first-order valence-electron chi connectivity index (χ1n) is 12.1. The first-order chi connectivity index (χ1) is 16.0. The quantitative estimate of drug-likeness (QED) is 0.216. The summed E-state index contributed by atoms with van der Waals surface area (Å²) in [5.41, 5.74) is 3.33. The number of amides is 1. The maximum absolute atomic E-state index is 13.4. The van der Waals surface area contributed by atoms with Gasteiger partial charge in [0.1, 0.15) is 11.5 Å². The Balaban J connectivity index is 1.63. The molecular weight excluding hydrogens is 428 g/mol. The molecular formula is C28H38N2O4. The fourth-order valence-corrected chi connectivity index (χ4v) is 4.04. The van der Waals surface area contributed by atoms with E-state index in [9.17, 15) is 15.0 Å². The van der Waals surface area contributed by atoms with Crippen molar-refractivity contribution in [3.05, 3.63) is 53.6 Å². The van der Waals surface area contributed by atoms with Gasteiger partial charge in [-0.15, -0.1) is 0 Å². The monoisotopic (exact) mass is 466 g/mol. The van der Waals surface area contributed by atoms with Crippen LogP contribution in [0.1, 0.15) is 70.7 Å². The fraction of sp³-hybridized carbons (Fsp3) is 0.464. The number of phenolic OH excluding ortho intramolecular Hbond substituents is 2. The van der Waals surface area contributed by atoms with Crippen LogP contribution >= 0.6 is 0 Å². The third-order valence-corrected chi connectivity index (χ3v) is 6.08. The second kappa shape index (κ2) is 11.0. The molecule has 1 aliphatic rings. The van der Waals surface area contributed by atoms with E-state index in [1.54, 1.807) is 41.3 Å². The molecule has 1 aliphatic heterocycles. The zero-order chi connectivity index (χ0) is 24.9. The molecule has 6 heteroatoms. The molecule has 1 atom stereocenters. The van der Waals surface area contributed by atoms with Crippen LogP contribution in [0.3, 0.4) is 0 Å². The van der Waals surface area contributed by atoms with E-state index in [1.807, 2.05) is 0 Å². The molecule has 0 radical (unpaired) electrons. The van der Waals surface area contributed by atoms with E-state index < -0.39 is 0 Å². The first kappa shape index (κ1) is 25.6. The number of anilines is 3. The van der Waals surface area contributed by atoms with E-state index >= 15 is 0 Å². The van der Waals surface area contributed by atoms with Gasteiger partial charge in [-0.1, -0.05) is 24.6 Å². The molecule has 0 fully saturated rings. The number of fused-ring (bicyclic) bond motifs is 2. The van der Waals surface area contributed by atoms with Gasteiger partial charge in [0.15, 0.2) is 0 Å². The molecule has 0 saturated carbocycles. The van der Waals surface area contributed by atoms with Crippen LogP contribution < -0.4 is 10.2 Å². The van der Waals surface area contributed by atoms with Gasteiger partial charge < -0.3 is 25.2 Å². The Morgan fingerprint density at radius 2 is 1.94 bits per heavy atom. The summed E-state index contributed by atoms with van der Waals surface area (Å²) in [6.07, 6.45) is 6.08. The van der Waals surface area contributed by atoms with Gasteiger partial charge in [-0.05, 0) is 83.6 Å². The lowest BCUT2D eigenvalue weighted by Gasteiger charge is -2.24. The van der Waals surface area contributed by atoms with E-state index in [2.05, 4.69) is 46.0 Å². The molecule has 34 heavy (non-hydrogen) atoms. The standard InChI is InChI=1S/C28H38N2O4/c1-19(8-6-9-20(2)15-17-34-28(3,4)5)14-16-30-24-18-21(31)12-13-23(24)29-26-22(27(30)33)10-7-11-25(26)32/h7,9-13,18-19,29,31-32H,6,8,14-17H2,1-5H3/b20-9+. The molecule has 3 N–H and O–H groups in total. The molecule has 1 amide bonds. The van der Waals surface area contributed by atoms with Gasteiger partial charge in [0, 0.05) is 12.6 Å². The van der Waals surface area contributed by atoms with Crippen LogP contribution in [0.4, 0.5) is 17.1 Å².